The summed E-state index contributed by atoms with van der Waals surface area (Å²) in [5, 5.41) is 6.36. The number of carbonyl (C=O) groups excluding carboxylic acids is 2. The summed E-state index contributed by atoms with van der Waals surface area (Å²) in [5.41, 5.74) is 1.85. The molecule has 7 heteroatoms. The quantitative estimate of drug-likeness (QED) is 0.689. The van der Waals surface area contributed by atoms with E-state index < -0.39 is 6.04 Å². The number of nitrogens with one attached hydrogen (secondary N) is 2. The molecule has 0 heterocycles. The van der Waals surface area contributed by atoms with Gasteiger partial charge < -0.3 is 10.6 Å². The number of rotatable bonds is 7. The maximum absolute atomic E-state index is 12.7. The normalized spacial score (nSPS) is 11.7. The van der Waals surface area contributed by atoms with Gasteiger partial charge in [-0.15, -0.1) is 0 Å². The van der Waals surface area contributed by atoms with Gasteiger partial charge in [-0.25, -0.2) is 0 Å². The fourth-order valence-electron chi connectivity index (χ4n) is 2.33. The molecule has 0 saturated heterocycles. The van der Waals surface area contributed by atoms with Crippen molar-refractivity contribution in [2.75, 3.05) is 17.3 Å². The number of benzene rings is 2. The highest BCUT2D eigenvalue weighted by Gasteiger charge is 2.22. The molecule has 2 rings (SSSR count). The number of anilines is 1. The van der Waals surface area contributed by atoms with Crippen molar-refractivity contribution in [1.82, 2.24) is 5.32 Å². The highest BCUT2D eigenvalue weighted by Crippen LogP contribution is 2.23. The zero-order valence-corrected chi connectivity index (χ0v) is 16.8. The Balaban J connectivity index is 2.14. The second kappa shape index (κ2) is 9.86. The Labute approximate surface area is 167 Å². The molecule has 2 N–H and O–H groups in total. The van der Waals surface area contributed by atoms with Crippen LogP contribution in [-0.2, 0) is 4.79 Å². The van der Waals surface area contributed by atoms with E-state index in [1.807, 2.05) is 19.2 Å². The summed E-state index contributed by atoms with van der Waals surface area (Å²) >= 11 is 13.9. The molecule has 1 unspecified atom stereocenters. The van der Waals surface area contributed by atoms with Gasteiger partial charge in [-0.3, -0.25) is 9.59 Å². The van der Waals surface area contributed by atoms with Crippen molar-refractivity contribution < 1.29 is 9.59 Å². The van der Waals surface area contributed by atoms with Gasteiger partial charge in [0.1, 0.15) is 6.04 Å². The number of carbonyl (C=O) groups is 2. The maximum atomic E-state index is 12.7. The van der Waals surface area contributed by atoms with Crippen LogP contribution in [0.3, 0.4) is 0 Å². The van der Waals surface area contributed by atoms with Crippen LogP contribution < -0.4 is 10.6 Å². The van der Waals surface area contributed by atoms with E-state index in [2.05, 4.69) is 10.6 Å². The largest absolute Gasteiger partial charge is 0.340 e. The van der Waals surface area contributed by atoms with Crippen molar-refractivity contribution >= 4 is 52.5 Å². The molecule has 2 aromatic rings. The van der Waals surface area contributed by atoms with Gasteiger partial charge in [0.2, 0.25) is 5.91 Å². The van der Waals surface area contributed by atoms with Gasteiger partial charge in [-0.05, 0) is 55.2 Å². The summed E-state index contributed by atoms with van der Waals surface area (Å²) < 4.78 is 0. The standard InChI is InChI=1S/C19H20Cl2N2O2S/c1-12-7-8-16(15(21)11-12)22-19(25)17(9-10-26-2)23-18(24)13-5-3-4-6-14(13)20/h3-8,11,17H,9-10H2,1-2H3,(H,22,25)(H,23,24). The van der Waals surface area contributed by atoms with E-state index in [1.54, 1.807) is 48.2 Å². The second-order valence-electron chi connectivity index (χ2n) is 5.76. The first-order valence-corrected chi connectivity index (χ1v) is 10.2. The van der Waals surface area contributed by atoms with E-state index in [9.17, 15) is 9.59 Å². The molecule has 0 bridgehead atoms. The van der Waals surface area contributed by atoms with E-state index in [0.717, 1.165) is 11.3 Å². The Morgan fingerprint density at radius 3 is 2.50 bits per heavy atom. The minimum atomic E-state index is -0.691. The third-order valence-electron chi connectivity index (χ3n) is 3.73. The van der Waals surface area contributed by atoms with E-state index in [0.29, 0.717) is 27.7 Å². The SMILES string of the molecule is CSCCC(NC(=O)c1ccccc1Cl)C(=O)Nc1ccc(C)cc1Cl. The van der Waals surface area contributed by atoms with E-state index in [4.69, 9.17) is 23.2 Å². The highest BCUT2D eigenvalue weighted by atomic mass is 35.5. The highest BCUT2D eigenvalue weighted by molar-refractivity contribution is 7.98. The molecule has 0 aromatic heterocycles. The van der Waals surface area contributed by atoms with E-state index in [1.165, 1.54) is 0 Å². The summed E-state index contributed by atoms with van der Waals surface area (Å²) in [5.74, 6) is 0.0276. The van der Waals surface area contributed by atoms with E-state index >= 15 is 0 Å². The molecule has 0 saturated carbocycles. The average molecular weight is 411 g/mol. The summed E-state index contributed by atoms with van der Waals surface area (Å²) in [6.45, 7) is 1.92. The number of aryl methyl sites for hydroxylation is 1. The van der Waals surface area contributed by atoms with Gasteiger partial charge in [0, 0.05) is 0 Å². The molecule has 1 atom stereocenters. The summed E-state index contributed by atoms with van der Waals surface area (Å²) in [4.78, 5) is 25.2. The first kappa shape index (κ1) is 20.6. The molecule has 0 aliphatic rings. The Kier molecular flexibility index (Phi) is 7.82. The van der Waals surface area contributed by atoms with Crippen LogP contribution in [0.1, 0.15) is 22.3 Å². The van der Waals surface area contributed by atoms with Crippen molar-refractivity contribution in [3.8, 4) is 0 Å². The summed E-state index contributed by atoms with van der Waals surface area (Å²) in [7, 11) is 0. The zero-order valence-electron chi connectivity index (χ0n) is 14.5. The lowest BCUT2D eigenvalue weighted by Gasteiger charge is -2.19. The number of amides is 2. The molecule has 0 aliphatic heterocycles. The Morgan fingerprint density at radius 2 is 1.85 bits per heavy atom. The third kappa shape index (κ3) is 5.66. The maximum Gasteiger partial charge on any atom is 0.253 e. The minimum Gasteiger partial charge on any atom is -0.340 e. The van der Waals surface area contributed by atoms with Crippen molar-refractivity contribution in [2.24, 2.45) is 0 Å². The van der Waals surface area contributed by atoms with E-state index in [-0.39, 0.29) is 11.8 Å². The predicted octanol–water partition coefficient (Wildman–Crippen LogP) is 4.79. The van der Waals surface area contributed by atoms with Crippen molar-refractivity contribution in [1.29, 1.82) is 0 Å². The molecular weight excluding hydrogens is 391 g/mol. The van der Waals surface area contributed by atoms with Crippen LogP contribution in [0.25, 0.3) is 0 Å². The molecule has 0 aliphatic carbocycles. The van der Waals surface area contributed by atoms with Crippen LogP contribution in [0.2, 0.25) is 10.0 Å². The van der Waals surface area contributed by atoms with Crippen molar-refractivity contribution in [3.05, 3.63) is 63.6 Å². The van der Waals surface area contributed by atoms with Gasteiger partial charge in [0.25, 0.3) is 5.91 Å². The summed E-state index contributed by atoms with van der Waals surface area (Å²) in [6.07, 6.45) is 2.44. The smallest absolute Gasteiger partial charge is 0.253 e. The minimum absolute atomic E-state index is 0.315. The second-order valence-corrected chi connectivity index (χ2v) is 7.56. The van der Waals surface area contributed by atoms with Crippen LogP contribution >= 0.6 is 35.0 Å². The van der Waals surface area contributed by atoms with Crippen LogP contribution in [0.5, 0.6) is 0 Å². The zero-order chi connectivity index (χ0) is 19.1. The summed E-state index contributed by atoms with van der Waals surface area (Å²) in [6, 6.07) is 11.4. The van der Waals surface area contributed by atoms with Crippen LogP contribution in [0.15, 0.2) is 42.5 Å². The molecule has 0 spiro atoms. The lowest BCUT2D eigenvalue weighted by Crippen LogP contribution is -2.44. The number of thioether (sulfide) groups is 1. The van der Waals surface area contributed by atoms with Crippen LogP contribution in [0.4, 0.5) is 5.69 Å². The average Bonchev–Trinajstić information content (AvgIpc) is 2.61. The first-order chi connectivity index (χ1) is 12.4. The molecule has 0 radical (unpaired) electrons. The third-order valence-corrected chi connectivity index (χ3v) is 5.02. The van der Waals surface area contributed by atoms with Crippen molar-refractivity contribution in [3.63, 3.8) is 0 Å². The Hall–Kier alpha value is -1.69. The van der Waals surface area contributed by atoms with Crippen LogP contribution in [-0.4, -0.2) is 29.9 Å². The molecule has 4 nitrogen and oxygen atoms in total. The molecule has 138 valence electrons. The van der Waals surface area contributed by atoms with Gasteiger partial charge in [-0.1, -0.05) is 41.4 Å². The number of halogens is 2. The molecule has 0 fully saturated rings. The Bertz CT molecular complexity index is 799. The van der Waals surface area contributed by atoms with Gasteiger partial charge in [-0.2, -0.15) is 11.8 Å². The molecule has 2 aromatic carbocycles. The fraction of sp³-hybridized carbons (Fsp3) is 0.263. The van der Waals surface area contributed by atoms with Gasteiger partial charge in [0.15, 0.2) is 0 Å². The molecular formula is C19H20Cl2N2O2S. The Morgan fingerprint density at radius 1 is 1.12 bits per heavy atom. The predicted molar refractivity (Wildman–Crippen MR) is 111 cm³/mol. The number of hydrogen-bond acceptors (Lipinski definition) is 3. The fourth-order valence-corrected chi connectivity index (χ4v) is 3.30. The molecule has 2 amide bonds. The lowest BCUT2D eigenvalue weighted by atomic mass is 10.1. The number of hydrogen-bond donors (Lipinski definition) is 2. The molecule has 26 heavy (non-hydrogen) atoms. The van der Waals surface area contributed by atoms with Gasteiger partial charge >= 0.3 is 0 Å². The first-order valence-electron chi connectivity index (χ1n) is 8.03. The topological polar surface area (TPSA) is 58.2 Å². The van der Waals surface area contributed by atoms with Crippen molar-refractivity contribution in [2.45, 2.75) is 19.4 Å². The van der Waals surface area contributed by atoms with Crippen LogP contribution in [0, 0.1) is 6.92 Å². The van der Waals surface area contributed by atoms with Gasteiger partial charge in [0.05, 0.1) is 21.3 Å². The monoisotopic (exact) mass is 410 g/mol. The lowest BCUT2D eigenvalue weighted by molar-refractivity contribution is -0.118.